The number of carboxylic acids is 1. The van der Waals surface area contributed by atoms with Crippen molar-refractivity contribution in [3.63, 3.8) is 0 Å². The van der Waals surface area contributed by atoms with Crippen LogP contribution in [0.4, 0.5) is 0 Å². The zero-order chi connectivity index (χ0) is 13.3. The van der Waals surface area contributed by atoms with Crippen LogP contribution in [0.5, 0.6) is 5.75 Å². The van der Waals surface area contributed by atoms with E-state index in [-0.39, 0.29) is 6.10 Å². The number of para-hydroxylation sites is 1. The van der Waals surface area contributed by atoms with Crippen LogP contribution >= 0.6 is 11.8 Å². The highest BCUT2D eigenvalue weighted by atomic mass is 32.2. The molecule has 0 spiro atoms. The van der Waals surface area contributed by atoms with Gasteiger partial charge < -0.3 is 9.84 Å². The predicted octanol–water partition coefficient (Wildman–Crippen LogP) is 3.08. The molecule has 2 fully saturated rings. The maximum Gasteiger partial charge on any atom is 0.314 e. The lowest BCUT2D eigenvalue weighted by molar-refractivity contribution is -0.147. The first-order valence-electron chi connectivity index (χ1n) is 6.80. The standard InChI is InChI=1S/C15H18O3S/c16-14(17)15(7-3-8-15)12-4-1-2-5-13(12)18-11-6-9-19-10-11/h1-2,4-5,11H,3,6-10H2,(H,16,17). The molecule has 4 heteroatoms. The second-order valence-corrected chi connectivity index (χ2v) is 6.49. The molecule has 0 bridgehead atoms. The summed E-state index contributed by atoms with van der Waals surface area (Å²) >= 11 is 1.90. The normalized spacial score (nSPS) is 24.7. The van der Waals surface area contributed by atoms with Crippen LogP contribution in [0, 0.1) is 0 Å². The van der Waals surface area contributed by atoms with Gasteiger partial charge in [0.1, 0.15) is 11.9 Å². The number of ether oxygens (including phenoxy) is 1. The molecule has 0 aromatic heterocycles. The Balaban J connectivity index is 1.90. The van der Waals surface area contributed by atoms with Gasteiger partial charge >= 0.3 is 5.97 Å². The van der Waals surface area contributed by atoms with Crippen LogP contribution in [0.1, 0.15) is 31.2 Å². The highest BCUT2D eigenvalue weighted by Gasteiger charge is 2.47. The largest absolute Gasteiger partial charge is 0.489 e. The Morgan fingerprint density at radius 2 is 2.16 bits per heavy atom. The molecule has 1 aliphatic heterocycles. The smallest absolute Gasteiger partial charge is 0.314 e. The van der Waals surface area contributed by atoms with E-state index in [9.17, 15) is 9.90 Å². The van der Waals surface area contributed by atoms with Crippen molar-refractivity contribution in [2.75, 3.05) is 11.5 Å². The molecule has 1 N–H and O–H groups in total. The van der Waals surface area contributed by atoms with E-state index in [2.05, 4.69) is 0 Å². The first kappa shape index (κ1) is 12.9. The Labute approximate surface area is 117 Å². The SMILES string of the molecule is O=C(O)C1(c2ccccc2OC2CCSC2)CCC1. The van der Waals surface area contributed by atoms with Gasteiger partial charge in [-0.25, -0.2) is 0 Å². The number of hydrogen-bond donors (Lipinski definition) is 1. The summed E-state index contributed by atoms with van der Waals surface area (Å²) in [6, 6.07) is 7.68. The molecule has 1 saturated carbocycles. The molecule has 19 heavy (non-hydrogen) atoms. The third-order valence-electron chi connectivity index (χ3n) is 4.20. The fraction of sp³-hybridized carbons (Fsp3) is 0.533. The Kier molecular flexibility index (Phi) is 3.44. The van der Waals surface area contributed by atoms with E-state index in [1.54, 1.807) is 0 Å². The number of aliphatic carboxylic acids is 1. The fourth-order valence-electron chi connectivity index (χ4n) is 2.88. The van der Waals surface area contributed by atoms with Gasteiger partial charge in [-0.05, 0) is 31.1 Å². The van der Waals surface area contributed by atoms with Crippen LogP contribution < -0.4 is 4.74 Å². The number of rotatable bonds is 4. The van der Waals surface area contributed by atoms with Crippen molar-refractivity contribution >= 4 is 17.7 Å². The number of carboxylic acid groups (broad SMARTS) is 1. The summed E-state index contributed by atoms with van der Waals surface area (Å²) in [7, 11) is 0. The molecule has 1 atom stereocenters. The summed E-state index contributed by atoms with van der Waals surface area (Å²) in [4.78, 5) is 11.6. The zero-order valence-electron chi connectivity index (χ0n) is 10.8. The highest BCUT2D eigenvalue weighted by molar-refractivity contribution is 7.99. The minimum atomic E-state index is -0.712. The van der Waals surface area contributed by atoms with Crippen molar-refractivity contribution in [1.82, 2.24) is 0 Å². The van der Waals surface area contributed by atoms with Crippen molar-refractivity contribution in [2.24, 2.45) is 0 Å². The van der Waals surface area contributed by atoms with Gasteiger partial charge in [0.05, 0.1) is 5.41 Å². The van der Waals surface area contributed by atoms with Crippen molar-refractivity contribution in [1.29, 1.82) is 0 Å². The van der Waals surface area contributed by atoms with E-state index in [0.717, 1.165) is 48.5 Å². The summed E-state index contributed by atoms with van der Waals surface area (Å²) in [6.45, 7) is 0. The van der Waals surface area contributed by atoms with Crippen LogP contribution in [-0.4, -0.2) is 28.7 Å². The molecule has 0 radical (unpaired) electrons. The van der Waals surface area contributed by atoms with Crippen LogP contribution in [0.15, 0.2) is 24.3 Å². The van der Waals surface area contributed by atoms with Crippen LogP contribution in [0.3, 0.4) is 0 Å². The van der Waals surface area contributed by atoms with Crippen molar-refractivity contribution < 1.29 is 14.6 Å². The summed E-state index contributed by atoms with van der Waals surface area (Å²) in [6.07, 6.45) is 3.72. The minimum Gasteiger partial charge on any atom is -0.489 e. The maximum atomic E-state index is 11.6. The Bertz CT molecular complexity index is 476. The summed E-state index contributed by atoms with van der Waals surface area (Å²) in [5.74, 6) is 2.21. The fourth-order valence-corrected chi connectivity index (χ4v) is 3.97. The van der Waals surface area contributed by atoms with Gasteiger partial charge in [-0.15, -0.1) is 0 Å². The Morgan fingerprint density at radius 1 is 1.37 bits per heavy atom. The molecule has 1 unspecified atom stereocenters. The third kappa shape index (κ3) is 2.22. The van der Waals surface area contributed by atoms with Crippen LogP contribution in [0.25, 0.3) is 0 Å². The summed E-state index contributed by atoms with van der Waals surface area (Å²) in [5.41, 5.74) is 0.160. The summed E-state index contributed by atoms with van der Waals surface area (Å²) < 4.78 is 6.05. The van der Waals surface area contributed by atoms with Crippen molar-refractivity contribution in [3.8, 4) is 5.75 Å². The molecule has 1 aliphatic carbocycles. The quantitative estimate of drug-likeness (QED) is 0.919. The second-order valence-electron chi connectivity index (χ2n) is 5.34. The molecule has 2 aliphatic rings. The van der Waals surface area contributed by atoms with Crippen LogP contribution in [-0.2, 0) is 10.2 Å². The molecule has 3 nitrogen and oxygen atoms in total. The monoisotopic (exact) mass is 278 g/mol. The number of hydrogen-bond acceptors (Lipinski definition) is 3. The lowest BCUT2D eigenvalue weighted by atomic mass is 9.64. The molecular weight excluding hydrogens is 260 g/mol. The molecule has 1 heterocycles. The zero-order valence-corrected chi connectivity index (χ0v) is 11.6. The van der Waals surface area contributed by atoms with E-state index in [4.69, 9.17) is 4.74 Å². The molecule has 1 aromatic rings. The molecule has 1 saturated heterocycles. The van der Waals surface area contributed by atoms with Crippen molar-refractivity contribution in [3.05, 3.63) is 29.8 Å². The van der Waals surface area contributed by atoms with E-state index >= 15 is 0 Å². The number of benzene rings is 1. The topological polar surface area (TPSA) is 46.5 Å². The lowest BCUT2D eigenvalue weighted by Crippen LogP contribution is -2.42. The van der Waals surface area contributed by atoms with Gasteiger partial charge in [-0.1, -0.05) is 24.6 Å². The summed E-state index contributed by atoms with van der Waals surface area (Å²) in [5, 5.41) is 9.56. The first-order valence-corrected chi connectivity index (χ1v) is 7.95. The minimum absolute atomic E-state index is 0.233. The first-order chi connectivity index (χ1) is 9.22. The second kappa shape index (κ2) is 5.08. The molecule has 3 rings (SSSR count). The van der Waals surface area contributed by atoms with Gasteiger partial charge in [0.2, 0.25) is 0 Å². The predicted molar refractivity (Wildman–Crippen MR) is 76.0 cm³/mol. The van der Waals surface area contributed by atoms with E-state index in [0.29, 0.717) is 0 Å². The highest BCUT2D eigenvalue weighted by Crippen LogP contribution is 2.47. The third-order valence-corrected chi connectivity index (χ3v) is 5.33. The molecule has 0 amide bonds. The van der Waals surface area contributed by atoms with Gasteiger partial charge in [-0.3, -0.25) is 4.79 Å². The van der Waals surface area contributed by atoms with E-state index in [1.165, 1.54) is 0 Å². The molecule has 1 aromatic carbocycles. The molecular formula is C15H18O3S. The van der Waals surface area contributed by atoms with Crippen LogP contribution in [0.2, 0.25) is 0 Å². The Morgan fingerprint density at radius 3 is 2.74 bits per heavy atom. The van der Waals surface area contributed by atoms with E-state index in [1.807, 2.05) is 36.0 Å². The molecule has 102 valence electrons. The number of carbonyl (C=O) groups is 1. The van der Waals surface area contributed by atoms with Gasteiger partial charge in [-0.2, -0.15) is 11.8 Å². The van der Waals surface area contributed by atoms with Gasteiger partial charge in [0.25, 0.3) is 0 Å². The lowest BCUT2D eigenvalue weighted by Gasteiger charge is -2.39. The van der Waals surface area contributed by atoms with Gasteiger partial charge in [0.15, 0.2) is 0 Å². The van der Waals surface area contributed by atoms with Gasteiger partial charge in [0, 0.05) is 11.3 Å². The average molecular weight is 278 g/mol. The maximum absolute atomic E-state index is 11.6. The number of thioether (sulfide) groups is 1. The van der Waals surface area contributed by atoms with E-state index < -0.39 is 11.4 Å². The van der Waals surface area contributed by atoms with Crippen molar-refractivity contribution in [2.45, 2.75) is 37.2 Å². The Hall–Kier alpha value is -1.16. The average Bonchev–Trinajstić information content (AvgIpc) is 2.82.